The number of aromatic nitrogens is 1. The summed E-state index contributed by atoms with van der Waals surface area (Å²) in [6, 6.07) is 13.3. The normalized spacial score (nSPS) is 12.0. The van der Waals surface area contributed by atoms with Crippen molar-refractivity contribution in [3.05, 3.63) is 88.4 Å². The lowest BCUT2D eigenvalue weighted by atomic mass is 10.0. The van der Waals surface area contributed by atoms with Crippen LogP contribution in [0.4, 0.5) is 0 Å². The lowest BCUT2D eigenvalue weighted by Crippen LogP contribution is -2.33. The third-order valence-electron chi connectivity index (χ3n) is 5.55. The van der Waals surface area contributed by atoms with E-state index in [1.54, 1.807) is 20.2 Å². The Morgan fingerprint density at radius 1 is 1.19 bits per heavy atom. The van der Waals surface area contributed by atoms with Crippen molar-refractivity contribution in [2.75, 3.05) is 14.2 Å². The maximum atomic E-state index is 13.5. The molecule has 8 heteroatoms. The highest BCUT2D eigenvalue weighted by Crippen LogP contribution is 2.31. The number of rotatable bonds is 8. The number of benzene rings is 2. The number of carbonyl (C=O) groups excluding carboxylic acids is 1. The molecule has 0 spiro atoms. The van der Waals surface area contributed by atoms with Gasteiger partial charge < -0.3 is 15.0 Å². The lowest BCUT2D eigenvalue weighted by molar-refractivity contribution is 0.103. The number of methoxy groups -OCH3 is 1. The number of hydrogen-bond donors (Lipinski definition) is 2. The average molecular weight is 510 g/mol. The summed E-state index contributed by atoms with van der Waals surface area (Å²) in [5.74, 6) is 6.92. The first kappa shape index (κ1) is 28.7. The second-order valence-electron chi connectivity index (χ2n) is 7.77. The number of Topliss-reactive ketones (excluding diaryl/α,β-unsaturated/α-hetero) is 1. The number of halogens is 1. The number of ketones is 1. The first-order valence-electron chi connectivity index (χ1n) is 11.9. The molecule has 0 aliphatic carbocycles. The molecule has 0 atom stereocenters. The first-order chi connectivity index (χ1) is 17.3. The molecule has 1 aromatic heterocycles. The van der Waals surface area contributed by atoms with Crippen molar-refractivity contribution in [2.24, 2.45) is 16.6 Å². The smallest absolute Gasteiger partial charge is 0.212 e. The molecular formula is C28H36ClN5O2. The van der Waals surface area contributed by atoms with Gasteiger partial charge >= 0.3 is 0 Å². The van der Waals surface area contributed by atoms with E-state index < -0.39 is 0 Å². The summed E-state index contributed by atoms with van der Waals surface area (Å²) in [5, 5.41) is 2.68. The second kappa shape index (κ2) is 13.5. The fourth-order valence-corrected chi connectivity index (χ4v) is 3.90. The largest absolute Gasteiger partial charge is 0.497 e. The topological polar surface area (TPSA) is 98.9 Å². The molecule has 0 saturated heterocycles. The van der Waals surface area contributed by atoms with Crippen molar-refractivity contribution in [1.82, 2.24) is 9.58 Å². The van der Waals surface area contributed by atoms with Gasteiger partial charge in [-0.3, -0.25) is 14.8 Å². The predicted molar refractivity (Wildman–Crippen MR) is 151 cm³/mol. The maximum absolute atomic E-state index is 13.5. The van der Waals surface area contributed by atoms with E-state index in [0.717, 1.165) is 28.6 Å². The van der Waals surface area contributed by atoms with Gasteiger partial charge in [-0.05, 0) is 55.3 Å². The molecule has 4 N–H and O–H groups in total. The lowest BCUT2D eigenvalue weighted by Gasteiger charge is -2.14. The van der Waals surface area contributed by atoms with Crippen LogP contribution in [0.5, 0.6) is 5.75 Å². The van der Waals surface area contributed by atoms with Crippen LogP contribution in [0.15, 0.2) is 71.5 Å². The van der Waals surface area contributed by atoms with E-state index >= 15 is 0 Å². The molecule has 7 nitrogen and oxygen atoms in total. The maximum Gasteiger partial charge on any atom is 0.212 e. The Labute approximate surface area is 218 Å². The monoisotopic (exact) mass is 509 g/mol. The van der Waals surface area contributed by atoms with Crippen LogP contribution in [-0.4, -0.2) is 35.4 Å². The van der Waals surface area contributed by atoms with Gasteiger partial charge in [-0.2, -0.15) is 0 Å². The molecule has 0 saturated carbocycles. The summed E-state index contributed by atoms with van der Waals surface area (Å²) in [6.45, 7) is 8.49. The highest BCUT2D eigenvalue weighted by atomic mass is 35.5. The van der Waals surface area contributed by atoms with E-state index in [9.17, 15) is 4.79 Å². The Morgan fingerprint density at radius 2 is 1.86 bits per heavy atom. The molecule has 3 aromatic rings. The summed E-state index contributed by atoms with van der Waals surface area (Å²) < 4.78 is 7.50. The van der Waals surface area contributed by atoms with Gasteiger partial charge in [0.25, 0.3) is 0 Å². The molecule has 0 aliphatic rings. The number of fused-ring (bicyclic) bond motifs is 1. The van der Waals surface area contributed by atoms with Crippen molar-refractivity contribution in [1.29, 1.82) is 0 Å². The number of amidine groups is 1. The van der Waals surface area contributed by atoms with E-state index in [0.29, 0.717) is 28.7 Å². The van der Waals surface area contributed by atoms with E-state index in [4.69, 9.17) is 27.9 Å². The Balaban J connectivity index is 0.00000222. The van der Waals surface area contributed by atoms with E-state index in [2.05, 4.69) is 9.56 Å². The van der Waals surface area contributed by atoms with Gasteiger partial charge in [0.15, 0.2) is 0 Å². The third kappa shape index (κ3) is 6.56. The zero-order valence-electron chi connectivity index (χ0n) is 21.9. The minimum Gasteiger partial charge on any atom is -0.497 e. The molecule has 36 heavy (non-hydrogen) atoms. The molecular weight excluding hydrogens is 474 g/mol. The van der Waals surface area contributed by atoms with Crippen LogP contribution in [0.3, 0.4) is 0 Å². The molecule has 3 rings (SSSR count). The van der Waals surface area contributed by atoms with Gasteiger partial charge in [0.05, 0.1) is 24.6 Å². The Hall–Kier alpha value is -3.55. The Morgan fingerprint density at radius 3 is 2.44 bits per heavy atom. The van der Waals surface area contributed by atoms with E-state index in [1.165, 1.54) is 11.2 Å². The van der Waals surface area contributed by atoms with Crippen LogP contribution in [0.25, 0.3) is 10.9 Å². The minimum atomic E-state index is -0.323. The molecule has 0 amide bonds. The summed E-state index contributed by atoms with van der Waals surface area (Å²) in [5.41, 5.74) is 9.49. The van der Waals surface area contributed by atoms with Crippen molar-refractivity contribution in [3.63, 3.8) is 0 Å². The highest BCUT2D eigenvalue weighted by molar-refractivity contribution is 6.30. The average Bonchev–Trinajstić information content (AvgIpc) is 3.16. The van der Waals surface area contributed by atoms with Crippen LogP contribution < -0.4 is 16.3 Å². The highest BCUT2D eigenvalue weighted by Gasteiger charge is 2.23. The minimum absolute atomic E-state index is 0.00464. The number of aliphatic imine (C=N–C) groups is 1. The van der Waals surface area contributed by atoms with Gasteiger partial charge in [-0.1, -0.05) is 50.6 Å². The summed E-state index contributed by atoms with van der Waals surface area (Å²) in [4.78, 5) is 17.7. The number of hydrogen-bond acceptors (Lipinski definition) is 5. The molecule has 0 fully saturated rings. The van der Waals surface area contributed by atoms with E-state index in [-0.39, 0.29) is 11.5 Å². The second-order valence-corrected chi connectivity index (χ2v) is 8.21. The SMILES string of the molecule is CC.CC/C=C\C(=NC)N(N)/C=C(\N)C(=O)c1c(C)n(Cc2ccc(Cl)cc2)c2ccc(OC)cc12. The van der Waals surface area contributed by atoms with Crippen molar-refractivity contribution < 1.29 is 9.53 Å². The van der Waals surface area contributed by atoms with Crippen molar-refractivity contribution >= 4 is 34.1 Å². The number of carbonyl (C=O) groups is 1. The fourth-order valence-electron chi connectivity index (χ4n) is 3.77. The molecule has 0 unspecified atom stereocenters. The zero-order valence-corrected chi connectivity index (χ0v) is 22.6. The number of nitrogens with zero attached hydrogens (tertiary/aromatic N) is 3. The van der Waals surface area contributed by atoms with Crippen molar-refractivity contribution in [2.45, 2.75) is 40.7 Å². The quantitative estimate of drug-likeness (QED) is 0.0992. The van der Waals surface area contributed by atoms with Gasteiger partial charge in [-0.15, -0.1) is 0 Å². The molecule has 0 radical (unpaired) electrons. The van der Waals surface area contributed by atoms with Gasteiger partial charge in [0, 0.05) is 35.2 Å². The number of hydrazine groups is 1. The standard InChI is InChI=1S/C26H30ClN5O2.C2H6/c1-5-6-7-24(30-3)32(29)16-22(28)26(33)25-17(2)31(15-18-8-10-19(27)11-9-18)23-13-12-20(34-4)14-21(23)25;1-2/h6-14,16H,5,15,28-29H2,1-4H3;1-2H3/b7-6-,22-16-,30-24?;. The van der Waals surface area contributed by atoms with Crippen LogP contribution in [0.1, 0.15) is 48.8 Å². The fraction of sp³-hybridized carbons (Fsp3) is 0.286. The number of allylic oxidation sites excluding steroid dienone is 2. The van der Waals surface area contributed by atoms with Crippen LogP contribution >= 0.6 is 11.6 Å². The first-order valence-corrected chi connectivity index (χ1v) is 12.3. The predicted octanol–water partition coefficient (Wildman–Crippen LogP) is 5.84. The van der Waals surface area contributed by atoms with Gasteiger partial charge in [-0.25, -0.2) is 5.84 Å². The Kier molecular flexibility index (Phi) is 10.8. The van der Waals surface area contributed by atoms with Crippen LogP contribution in [-0.2, 0) is 6.54 Å². The molecule has 1 heterocycles. The summed E-state index contributed by atoms with van der Waals surface area (Å²) >= 11 is 6.04. The summed E-state index contributed by atoms with van der Waals surface area (Å²) in [6.07, 6.45) is 5.93. The third-order valence-corrected chi connectivity index (χ3v) is 5.80. The molecule has 192 valence electrons. The van der Waals surface area contributed by atoms with E-state index in [1.807, 2.05) is 76.2 Å². The number of ether oxygens (including phenoxy) is 1. The van der Waals surface area contributed by atoms with Crippen molar-refractivity contribution in [3.8, 4) is 5.75 Å². The molecule has 0 bridgehead atoms. The Bertz CT molecular complexity index is 1270. The van der Waals surface area contributed by atoms with Crippen LogP contribution in [0, 0.1) is 6.92 Å². The van der Waals surface area contributed by atoms with Gasteiger partial charge in [0.1, 0.15) is 11.6 Å². The van der Waals surface area contributed by atoms with Gasteiger partial charge in [0.2, 0.25) is 5.78 Å². The zero-order chi connectivity index (χ0) is 26.8. The van der Waals surface area contributed by atoms with Crippen LogP contribution in [0.2, 0.25) is 5.02 Å². The molecule has 0 aliphatic heterocycles. The molecule has 2 aromatic carbocycles. The number of nitrogens with two attached hydrogens (primary N) is 2. The summed E-state index contributed by atoms with van der Waals surface area (Å²) in [7, 11) is 3.22.